The average Bonchev–Trinajstić information content (AvgIpc) is 2.83. The molecule has 2 N–H and O–H groups in total. The molecule has 0 atom stereocenters. The van der Waals surface area contributed by atoms with Crippen LogP contribution < -0.4 is 10.6 Å². The predicted octanol–water partition coefficient (Wildman–Crippen LogP) is 5.43. The van der Waals surface area contributed by atoms with E-state index in [0.717, 1.165) is 28.6 Å². The van der Waals surface area contributed by atoms with Crippen molar-refractivity contribution in [2.24, 2.45) is 0 Å². The van der Waals surface area contributed by atoms with Gasteiger partial charge in [0, 0.05) is 30.5 Å². The minimum absolute atomic E-state index is 0.0251. The van der Waals surface area contributed by atoms with Gasteiger partial charge in [-0.05, 0) is 29.8 Å². The number of carbonyl (C=O) groups excluding carboxylic acids is 1. The summed E-state index contributed by atoms with van der Waals surface area (Å²) in [6.45, 7) is 0.334. The highest BCUT2D eigenvalue weighted by Gasteiger charge is 2.30. The van der Waals surface area contributed by atoms with Crippen molar-refractivity contribution in [1.82, 2.24) is 15.3 Å². The Balaban J connectivity index is 1.39. The molecule has 0 bridgehead atoms. The molecule has 0 saturated heterocycles. The fraction of sp³-hybridized carbons (Fsp3) is 0.160. The first-order valence-corrected chi connectivity index (χ1v) is 10.4. The molecule has 0 aliphatic heterocycles. The van der Waals surface area contributed by atoms with Crippen molar-refractivity contribution in [1.29, 1.82) is 0 Å². The molecule has 4 aromatic rings. The summed E-state index contributed by atoms with van der Waals surface area (Å²) in [6, 6.07) is 22.1. The van der Waals surface area contributed by atoms with E-state index >= 15 is 0 Å². The van der Waals surface area contributed by atoms with Gasteiger partial charge >= 0.3 is 6.18 Å². The van der Waals surface area contributed by atoms with Crippen molar-refractivity contribution >= 4 is 22.6 Å². The van der Waals surface area contributed by atoms with Gasteiger partial charge in [-0.25, -0.2) is 9.97 Å². The molecule has 5 nitrogen and oxygen atoms in total. The molecule has 0 aliphatic carbocycles. The van der Waals surface area contributed by atoms with Crippen molar-refractivity contribution < 1.29 is 18.0 Å². The zero-order valence-corrected chi connectivity index (χ0v) is 17.6. The zero-order chi connectivity index (χ0) is 23.3. The van der Waals surface area contributed by atoms with E-state index in [4.69, 9.17) is 0 Å². The van der Waals surface area contributed by atoms with Crippen LogP contribution in [-0.2, 0) is 17.5 Å². The number of para-hydroxylation sites is 1. The van der Waals surface area contributed by atoms with E-state index < -0.39 is 11.7 Å². The number of hydrogen-bond donors (Lipinski definition) is 2. The van der Waals surface area contributed by atoms with E-state index in [1.165, 1.54) is 6.07 Å². The summed E-state index contributed by atoms with van der Waals surface area (Å²) < 4.78 is 38.5. The second-order valence-corrected chi connectivity index (χ2v) is 7.43. The van der Waals surface area contributed by atoms with Crippen LogP contribution in [0.2, 0.25) is 0 Å². The topological polar surface area (TPSA) is 66.9 Å². The van der Waals surface area contributed by atoms with Crippen LogP contribution in [-0.4, -0.2) is 22.4 Å². The first-order valence-electron chi connectivity index (χ1n) is 10.4. The van der Waals surface area contributed by atoms with E-state index in [0.29, 0.717) is 23.8 Å². The first-order chi connectivity index (χ1) is 15.9. The summed E-state index contributed by atoms with van der Waals surface area (Å²) in [6.07, 6.45) is -4.28. The van der Waals surface area contributed by atoms with Crippen molar-refractivity contribution in [2.75, 3.05) is 11.9 Å². The maximum Gasteiger partial charge on any atom is 0.416 e. The van der Waals surface area contributed by atoms with Gasteiger partial charge in [0.1, 0.15) is 5.82 Å². The number of aromatic nitrogens is 2. The largest absolute Gasteiger partial charge is 0.416 e. The summed E-state index contributed by atoms with van der Waals surface area (Å²) in [5.41, 5.74) is 1.31. The SMILES string of the molecule is O=C(CCNc1nc(-c2ccccc2)nc2ccccc12)NCc1cccc(C(F)(F)F)c1. The molecule has 0 spiro atoms. The third-order valence-electron chi connectivity index (χ3n) is 5.02. The lowest BCUT2D eigenvalue weighted by Crippen LogP contribution is -2.25. The Kier molecular flexibility index (Phi) is 6.53. The van der Waals surface area contributed by atoms with Gasteiger partial charge in [0.2, 0.25) is 5.91 Å². The number of anilines is 1. The van der Waals surface area contributed by atoms with E-state index in [2.05, 4.69) is 20.6 Å². The van der Waals surface area contributed by atoms with Crippen LogP contribution in [0.15, 0.2) is 78.9 Å². The molecule has 33 heavy (non-hydrogen) atoms. The summed E-state index contributed by atoms with van der Waals surface area (Å²) in [5.74, 6) is 0.914. The van der Waals surface area contributed by atoms with Gasteiger partial charge in [0.25, 0.3) is 0 Å². The lowest BCUT2D eigenvalue weighted by molar-refractivity contribution is -0.137. The Hall–Kier alpha value is -3.94. The van der Waals surface area contributed by atoms with Gasteiger partial charge in [-0.2, -0.15) is 13.2 Å². The van der Waals surface area contributed by atoms with Crippen LogP contribution in [0.25, 0.3) is 22.3 Å². The fourth-order valence-electron chi connectivity index (χ4n) is 3.37. The zero-order valence-electron chi connectivity index (χ0n) is 17.6. The Bertz CT molecular complexity index is 1260. The highest BCUT2D eigenvalue weighted by molar-refractivity contribution is 5.90. The molecule has 168 valence electrons. The van der Waals surface area contributed by atoms with Gasteiger partial charge in [0.05, 0.1) is 11.1 Å². The number of carbonyl (C=O) groups is 1. The Morgan fingerprint density at radius 2 is 1.64 bits per heavy atom. The van der Waals surface area contributed by atoms with Gasteiger partial charge in [0.15, 0.2) is 5.82 Å². The molecule has 8 heteroatoms. The molecule has 0 radical (unpaired) electrons. The molecular weight excluding hydrogens is 429 g/mol. The lowest BCUT2D eigenvalue weighted by atomic mass is 10.1. The Labute approximate surface area is 188 Å². The van der Waals surface area contributed by atoms with Crippen LogP contribution in [0.1, 0.15) is 17.5 Å². The maximum absolute atomic E-state index is 12.8. The number of nitrogens with one attached hydrogen (secondary N) is 2. The third-order valence-corrected chi connectivity index (χ3v) is 5.02. The fourth-order valence-corrected chi connectivity index (χ4v) is 3.37. The Morgan fingerprint density at radius 3 is 2.42 bits per heavy atom. The molecular formula is C25H21F3N4O. The minimum Gasteiger partial charge on any atom is -0.369 e. The normalized spacial score (nSPS) is 11.4. The van der Waals surface area contributed by atoms with Crippen LogP contribution in [0, 0.1) is 0 Å². The van der Waals surface area contributed by atoms with E-state index in [1.807, 2.05) is 54.6 Å². The van der Waals surface area contributed by atoms with Gasteiger partial charge < -0.3 is 10.6 Å². The van der Waals surface area contributed by atoms with Gasteiger partial charge in [-0.1, -0.05) is 54.6 Å². The third kappa shape index (κ3) is 5.65. The van der Waals surface area contributed by atoms with Crippen molar-refractivity contribution in [3.05, 3.63) is 90.0 Å². The molecule has 0 saturated carbocycles. The maximum atomic E-state index is 12.8. The number of amides is 1. The van der Waals surface area contributed by atoms with Crippen molar-refractivity contribution in [3.8, 4) is 11.4 Å². The summed E-state index contributed by atoms with van der Waals surface area (Å²) in [5, 5.41) is 6.69. The predicted molar refractivity (Wildman–Crippen MR) is 121 cm³/mol. The van der Waals surface area contributed by atoms with Crippen LogP contribution in [0.3, 0.4) is 0 Å². The first kappa shape index (κ1) is 22.3. The molecule has 1 heterocycles. The van der Waals surface area contributed by atoms with E-state index in [9.17, 15) is 18.0 Å². The number of halogens is 3. The highest BCUT2D eigenvalue weighted by Crippen LogP contribution is 2.29. The molecule has 1 aromatic heterocycles. The Morgan fingerprint density at radius 1 is 0.879 bits per heavy atom. The number of rotatable bonds is 7. The molecule has 4 rings (SSSR count). The number of benzene rings is 3. The van der Waals surface area contributed by atoms with E-state index in [1.54, 1.807) is 6.07 Å². The minimum atomic E-state index is -4.41. The summed E-state index contributed by atoms with van der Waals surface area (Å²) in [7, 11) is 0. The quantitative estimate of drug-likeness (QED) is 0.394. The number of alkyl halides is 3. The number of nitrogens with zero attached hydrogens (tertiary/aromatic N) is 2. The average molecular weight is 450 g/mol. The molecule has 0 aliphatic rings. The highest BCUT2D eigenvalue weighted by atomic mass is 19.4. The summed E-state index contributed by atoms with van der Waals surface area (Å²) >= 11 is 0. The van der Waals surface area contributed by atoms with Crippen LogP contribution in [0.4, 0.5) is 19.0 Å². The molecule has 0 fully saturated rings. The summed E-state index contributed by atoms with van der Waals surface area (Å²) in [4.78, 5) is 21.5. The molecule has 3 aromatic carbocycles. The van der Waals surface area contributed by atoms with Crippen LogP contribution in [0.5, 0.6) is 0 Å². The number of hydrogen-bond acceptors (Lipinski definition) is 4. The second kappa shape index (κ2) is 9.68. The lowest BCUT2D eigenvalue weighted by Gasteiger charge is -2.12. The van der Waals surface area contributed by atoms with E-state index in [-0.39, 0.29) is 18.9 Å². The standard InChI is InChI=1S/C25H21F3N4O/c26-25(27,28)19-10-6-7-17(15-19)16-30-22(33)13-14-29-24-20-11-4-5-12-21(20)31-23(32-24)18-8-2-1-3-9-18/h1-12,15H,13-14,16H2,(H,30,33)(H,29,31,32). The van der Waals surface area contributed by atoms with Crippen molar-refractivity contribution in [2.45, 2.75) is 19.1 Å². The molecule has 0 unspecified atom stereocenters. The van der Waals surface area contributed by atoms with Gasteiger partial charge in [-0.3, -0.25) is 4.79 Å². The van der Waals surface area contributed by atoms with Gasteiger partial charge in [-0.15, -0.1) is 0 Å². The molecule has 1 amide bonds. The van der Waals surface area contributed by atoms with Crippen LogP contribution >= 0.6 is 0 Å². The van der Waals surface area contributed by atoms with Crippen molar-refractivity contribution in [3.63, 3.8) is 0 Å². The monoisotopic (exact) mass is 450 g/mol. The number of fused-ring (bicyclic) bond motifs is 1. The smallest absolute Gasteiger partial charge is 0.369 e. The second-order valence-electron chi connectivity index (χ2n) is 7.43.